The number of aliphatic hydroxyl groups is 1. The van der Waals surface area contributed by atoms with Gasteiger partial charge in [0, 0.05) is 6.42 Å². The van der Waals surface area contributed by atoms with Crippen molar-refractivity contribution < 1.29 is 28.8 Å². The van der Waals surface area contributed by atoms with Gasteiger partial charge in [-0.15, -0.1) is 0 Å². The molecule has 1 aliphatic heterocycles. The van der Waals surface area contributed by atoms with E-state index in [-0.39, 0.29) is 30.4 Å². The fourth-order valence-corrected chi connectivity index (χ4v) is 3.90. The monoisotopic (exact) mass is 440 g/mol. The van der Waals surface area contributed by atoms with Gasteiger partial charge in [0.2, 0.25) is 0 Å². The lowest BCUT2D eigenvalue weighted by atomic mass is 9.87. The maximum atomic E-state index is 12.4. The minimum absolute atomic E-state index is 0.122. The Bertz CT molecular complexity index is 851. The van der Waals surface area contributed by atoms with E-state index in [9.17, 15) is 9.90 Å². The molecule has 2 fully saturated rings. The van der Waals surface area contributed by atoms with E-state index in [0.717, 1.165) is 36.3 Å². The Morgan fingerprint density at radius 3 is 2.16 bits per heavy atom. The molecule has 32 heavy (non-hydrogen) atoms. The molecule has 1 aliphatic carbocycles. The van der Waals surface area contributed by atoms with Crippen molar-refractivity contribution in [2.24, 2.45) is 5.92 Å². The standard InChI is InChI=1S/C26H32O6/c1-2-3-25(30-17-24-16-29-24)31-22-12-6-18(7-13-22)19-8-14-23(15-9-19)32-26(28)20-4-10-21(27)11-5-20/h6-9,12-15,20-21,24-25,27H,2-5,10-11,16-17H2,1H3. The predicted molar refractivity (Wildman–Crippen MR) is 120 cm³/mol. The summed E-state index contributed by atoms with van der Waals surface area (Å²) in [6, 6.07) is 15.4. The normalized spacial score (nSPS) is 23.4. The average Bonchev–Trinajstić information content (AvgIpc) is 3.64. The van der Waals surface area contributed by atoms with Crippen molar-refractivity contribution in [3.63, 3.8) is 0 Å². The smallest absolute Gasteiger partial charge is 0.314 e. The van der Waals surface area contributed by atoms with Crippen LogP contribution in [0.5, 0.6) is 11.5 Å². The molecule has 172 valence electrons. The van der Waals surface area contributed by atoms with Crippen molar-refractivity contribution in [1.82, 2.24) is 0 Å². The van der Waals surface area contributed by atoms with Crippen LogP contribution in [0.1, 0.15) is 45.4 Å². The Morgan fingerprint density at radius 2 is 1.59 bits per heavy atom. The molecule has 2 aromatic rings. The maximum absolute atomic E-state index is 12.4. The summed E-state index contributed by atoms with van der Waals surface area (Å²) in [6.07, 6.45) is 4.18. The van der Waals surface area contributed by atoms with Crippen molar-refractivity contribution in [2.75, 3.05) is 13.2 Å². The summed E-state index contributed by atoms with van der Waals surface area (Å²) in [6.45, 7) is 3.45. The number of hydrogen-bond donors (Lipinski definition) is 1. The molecule has 0 aromatic heterocycles. The van der Waals surface area contributed by atoms with E-state index in [4.69, 9.17) is 18.9 Å². The first-order valence-electron chi connectivity index (χ1n) is 11.6. The summed E-state index contributed by atoms with van der Waals surface area (Å²) in [4.78, 5) is 12.4. The molecule has 0 radical (unpaired) electrons. The largest absolute Gasteiger partial charge is 0.465 e. The second kappa shape index (κ2) is 10.9. The Morgan fingerprint density at radius 1 is 1.00 bits per heavy atom. The first kappa shape index (κ1) is 22.8. The molecule has 2 aliphatic rings. The number of rotatable bonds is 10. The van der Waals surface area contributed by atoms with Gasteiger partial charge in [-0.25, -0.2) is 0 Å². The molecular formula is C26H32O6. The molecule has 1 heterocycles. The van der Waals surface area contributed by atoms with Crippen molar-refractivity contribution in [1.29, 1.82) is 0 Å². The molecule has 0 spiro atoms. The molecule has 0 bridgehead atoms. The first-order valence-corrected chi connectivity index (χ1v) is 11.6. The topological polar surface area (TPSA) is 77.5 Å². The number of carbonyl (C=O) groups is 1. The van der Waals surface area contributed by atoms with Crippen LogP contribution in [0, 0.1) is 5.92 Å². The van der Waals surface area contributed by atoms with Crippen molar-refractivity contribution in [3.05, 3.63) is 48.5 Å². The van der Waals surface area contributed by atoms with Gasteiger partial charge in [0.25, 0.3) is 0 Å². The zero-order valence-electron chi connectivity index (χ0n) is 18.6. The predicted octanol–water partition coefficient (Wildman–Crippen LogP) is 4.73. The average molecular weight is 441 g/mol. The van der Waals surface area contributed by atoms with Crippen molar-refractivity contribution in [2.45, 2.75) is 63.9 Å². The molecule has 6 nitrogen and oxygen atoms in total. The van der Waals surface area contributed by atoms with E-state index in [1.807, 2.05) is 48.5 Å². The van der Waals surface area contributed by atoms with Crippen LogP contribution in [-0.4, -0.2) is 42.8 Å². The lowest BCUT2D eigenvalue weighted by molar-refractivity contribution is -0.140. The third-order valence-electron chi connectivity index (χ3n) is 5.95. The van der Waals surface area contributed by atoms with Gasteiger partial charge in [-0.3, -0.25) is 4.79 Å². The van der Waals surface area contributed by atoms with Crippen LogP contribution in [0.15, 0.2) is 48.5 Å². The highest BCUT2D eigenvalue weighted by Crippen LogP contribution is 2.28. The highest BCUT2D eigenvalue weighted by atomic mass is 16.7. The van der Waals surface area contributed by atoms with Crippen LogP contribution < -0.4 is 9.47 Å². The van der Waals surface area contributed by atoms with Crippen molar-refractivity contribution >= 4 is 5.97 Å². The quantitative estimate of drug-likeness (QED) is 0.249. The highest BCUT2D eigenvalue weighted by molar-refractivity contribution is 5.75. The van der Waals surface area contributed by atoms with Gasteiger partial charge >= 0.3 is 5.97 Å². The second-order valence-corrected chi connectivity index (χ2v) is 8.60. The van der Waals surface area contributed by atoms with E-state index in [2.05, 4.69) is 6.92 Å². The summed E-state index contributed by atoms with van der Waals surface area (Å²) < 4.78 is 22.6. The number of aliphatic hydroxyl groups excluding tert-OH is 1. The van der Waals surface area contributed by atoms with E-state index >= 15 is 0 Å². The van der Waals surface area contributed by atoms with Crippen LogP contribution in [-0.2, 0) is 14.3 Å². The lowest BCUT2D eigenvalue weighted by Gasteiger charge is -2.23. The molecule has 2 aromatic carbocycles. The fraction of sp³-hybridized carbons (Fsp3) is 0.500. The van der Waals surface area contributed by atoms with Crippen LogP contribution in [0.3, 0.4) is 0 Å². The first-order chi connectivity index (χ1) is 15.6. The number of ether oxygens (including phenoxy) is 4. The van der Waals surface area contributed by atoms with Gasteiger partial charge in [-0.2, -0.15) is 0 Å². The van der Waals surface area contributed by atoms with Crippen molar-refractivity contribution in [3.8, 4) is 22.6 Å². The van der Waals surface area contributed by atoms with Crippen LogP contribution in [0.2, 0.25) is 0 Å². The van der Waals surface area contributed by atoms with Gasteiger partial charge in [0.1, 0.15) is 17.6 Å². The van der Waals surface area contributed by atoms with Gasteiger partial charge in [-0.1, -0.05) is 37.6 Å². The van der Waals surface area contributed by atoms with E-state index in [1.54, 1.807) is 0 Å². The summed E-state index contributed by atoms with van der Waals surface area (Å²) in [5, 5.41) is 9.60. The SMILES string of the molecule is CCCC(OCC1CO1)Oc1ccc(-c2ccc(OC(=O)C3CCC(O)CC3)cc2)cc1. The number of hydrogen-bond acceptors (Lipinski definition) is 6. The maximum Gasteiger partial charge on any atom is 0.314 e. The molecule has 4 rings (SSSR count). The Hall–Kier alpha value is -2.41. The second-order valence-electron chi connectivity index (χ2n) is 8.60. The molecule has 2 atom stereocenters. The number of epoxide rings is 1. The van der Waals surface area contributed by atoms with Crippen LogP contribution in [0.25, 0.3) is 11.1 Å². The van der Waals surface area contributed by atoms with Gasteiger partial charge < -0.3 is 24.1 Å². The van der Waals surface area contributed by atoms with Crippen LogP contribution in [0.4, 0.5) is 0 Å². The Balaban J connectivity index is 1.30. The van der Waals surface area contributed by atoms with Gasteiger partial charge in [-0.05, 0) is 61.1 Å². The van der Waals surface area contributed by atoms with Crippen LogP contribution >= 0.6 is 0 Å². The third kappa shape index (κ3) is 6.55. The molecule has 2 unspecified atom stereocenters. The number of esters is 1. The summed E-state index contributed by atoms with van der Waals surface area (Å²) >= 11 is 0. The minimum atomic E-state index is -0.280. The Kier molecular flexibility index (Phi) is 7.79. The molecule has 1 saturated carbocycles. The van der Waals surface area contributed by atoms with Gasteiger partial charge in [0.15, 0.2) is 6.29 Å². The number of carbonyl (C=O) groups excluding carboxylic acids is 1. The summed E-state index contributed by atoms with van der Waals surface area (Å²) in [5.74, 6) is 0.988. The number of benzene rings is 2. The van der Waals surface area contributed by atoms with E-state index in [1.165, 1.54) is 0 Å². The molecule has 6 heteroatoms. The van der Waals surface area contributed by atoms with Gasteiger partial charge in [0.05, 0.1) is 25.2 Å². The fourth-order valence-electron chi connectivity index (χ4n) is 3.90. The molecular weight excluding hydrogens is 408 g/mol. The van der Waals surface area contributed by atoms with E-state index in [0.29, 0.717) is 38.0 Å². The zero-order valence-corrected chi connectivity index (χ0v) is 18.6. The molecule has 1 saturated heterocycles. The summed E-state index contributed by atoms with van der Waals surface area (Å²) in [7, 11) is 0. The highest BCUT2D eigenvalue weighted by Gasteiger charge is 2.27. The third-order valence-corrected chi connectivity index (χ3v) is 5.95. The molecule has 0 amide bonds. The van der Waals surface area contributed by atoms with E-state index < -0.39 is 0 Å². The minimum Gasteiger partial charge on any atom is -0.465 e. The Labute approximate surface area is 189 Å². The zero-order chi connectivity index (χ0) is 22.3. The lowest BCUT2D eigenvalue weighted by Crippen LogP contribution is -2.27. The summed E-state index contributed by atoms with van der Waals surface area (Å²) in [5.41, 5.74) is 2.08. The molecule has 1 N–H and O–H groups in total.